The molecule has 1 fully saturated rings. The third kappa shape index (κ3) is 1.92. The average Bonchev–Trinajstić information content (AvgIpc) is 2.24. The first-order chi connectivity index (χ1) is 7.18. The monoisotopic (exact) mass is 206 g/mol. The fourth-order valence-electron chi connectivity index (χ4n) is 1.72. The van der Waals surface area contributed by atoms with Crippen molar-refractivity contribution in [2.75, 3.05) is 17.2 Å². The number of aromatic nitrogens is 1. The maximum absolute atomic E-state index is 11.8. The van der Waals surface area contributed by atoms with E-state index in [0.717, 1.165) is 18.5 Å². The van der Waals surface area contributed by atoms with Crippen LogP contribution in [0.4, 0.5) is 11.5 Å². The Balaban J connectivity index is 2.22. The van der Waals surface area contributed by atoms with Crippen LogP contribution in [0, 0.1) is 0 Å². The van der Waals surface area contributed by atoms with E-state index in [1.807, 2.05) is 0 Å². The van der Waals surface area contributed by atoms with Gasteiger partial charge in [-0.05, 0) is 25.0 Å². The number of rotatable bonds is 1. The Bertz CT molecular complexity index is 362. The summed E-state index contributed by atoms with van der Waals surface area (Å²) in [6, 6.07) is 3.09. The van der Waals surface area contributed by atoms with Crippen molar-refractivity contribution >= 4 is 17.4 Å². The molecule has 1 aromatic rings. The number of hydrogen-bond acceptors (Lipinski definition) is 4. The first kappa shape index (κ1) is 9.92. The van der Waals surface area contributed by atoms with Crippen molar-refractivity contribution in [2.24, 2.45) is 5.73 Å². The topological polar surface area (TPSA) is 85.2 Å². The molecule has 1 amide bonds. The Labute approximate surface area is 88.1 Å². The van der Waals surface area contributed by atoms with E-state index in [1.54, 1.807) is 23.2 Å². The Morgan fingerprint density at radius 3 is 2.93 bits per heavy atom. The largest absolute Gasteiger partial charge is 0.384 e. The number of anilines is 2. The van der Waals surface area contributed by atoms with Crippen LogP contribution in [0.5, 0.6) is 0 Å². The fourth-order valence-corrected chi connectivity index (χ4v) is 1.72. The maximum atomic E-state index is 11.8. The van der Waals surface area contributed by atoms with E-state index in [9.17, 15) is 4.79 Å². The molecule has 1 unspecified atom stereocenters. The molecule has 1 atom stereocenters. The van der Waals surface area contributed by atoms with E-state index in [1.165, 1.54) is 0 Å². The van der Waals surface area contributed by atoms with Gasteiger partial charge in [0.25, 0.3) is 0 Å². The van der Waals surface area contributed by atoms with Gasteiger partial charge in [-0.1, -0.05) is 0 Å². The standard InChI is InChI=1S/C10H14N4O/c11-8-2-1-5-14(10(8)15)7-3-4-9(12)13-6-7/h3-4,6,8H,1-2,5,11H2,(H2,12,13). The zero-order valence-corrected chi connectivity index (χ0v) is 8.39. The molecular weight excluding hydrogens is 192 g/mol. The van der Waals surface area contributed by atoms with Crippen molar-refractivity contribution < 1.29 is 4.79 Å². The van der Waals surface area contributed by atoms with Crippen molar-refractivity contribution in [3.8, 4) is 0 Å². The molecule has 80 valence electrons. The fraction of sp³-hybridized carbons (Fsp3) is 0.400. The summed E-state index contributed by atoms with van der Waals surface area (Å²) in [5.74, 6) is 0.417. The van der Waals surface area contributed by atoms with Gasteiger partial charge in [-0.15, -0.1) is 0 Å². The molecule has 0 bridgehead atoms. The van der Waals surface area contributed by atoms with Gasteiger partial charge in [0.05, 0.1) is 17.9 Å². The number of amides is 1. The summed E-state index contributed by atoms with van der Waals surface area (Å²) in [5, 5.41) is 0. The van der Waals surface area contributed by atoms with Gasteiger partial charge in [-0.2, -0.15) is 0 Å². The van der Waals surface area contributed by atoms with E-state index < -0.39 is 0 Å². The van der Waals surface area contributed by atoms with Crippen LogP contribution in [0.3, 0.4) is 0 Å². The minimum atomic E-state index is -0.378. The van der Waals surface area contributed by atoms with Crippen molar-refractivity contribution in [3.63, 3.8) is 0 Å². The minimum Gasteiger partial charge on any atom is -0.384 e. The number of piperidine rings is 1. The lowest BCUT2D eigenvalue weighted by Crippen LogP contribution is -2.48. The molecule has 1 aliphatic heterocycles. The molecule has 0 aliphatic carbocycles. The minimum absolute atomic E-state index is 0.0344. The number of nitrogen functional groups attached to an aromatic ring is 1. The van der Waals surface area contributed by atoms with Gasteiger partial charge in [0.1, 0.15) is 5.82 Å². The molecule has 15 heavy (non-hydrogen) atoms. The van der Waals surface area contributed by atoms with Crippen LogP contribution in [0.2, 0.25) is 0 Å². The molecule has 5 heteroatoms. The van der Waals surface area contributed by atoms with Gasteiger partial charge in [0.15, 0.2) is 0 Å². The molecule has 1 aromatic heterocycles. The predicted octanol–water partition coefficient (Wildman–Crippen LogP) is 0.118. The Kier molecular flexibility index (Phi) is 2.55. The summed E-state index contributed by atoms with van der Waals surface area (Å²) < 4.78 is 0. The highest BCUT2D eigenvalue weighted by Gasteiger charge is 2.26. The van der Waals surface area contributed by atoms with E-state index in [0.29, 0.717) is 12.4 Å². The van der Waals surface area contributed by atoms with Gasteiger partial charge in [-0.25, -0.2) is 4.98 Å². The first-order valence-corrected chi connectivity index (χ1v) is 4.97. The highest BCUT2D eigenvalue weighted by Crippen LogP contribution is 2.19. The third-order valence-electron chi connectivity index (χ3n) is 2.56. The van der Waals surface area contributed by atoms with Crippen LogP contribution in [0.15, 0.2) is 18.3 Å². The maximum Gasteiger partial charge on any atom is 0.243 e. The first-order valence-electron chi connectivity index (χ1n) is 4.97. The van der Waals surface area contributed by atoms with Crippen molar-refractivity contribution in [1.82, 2.24) is 4.98 Å². The number of nitrogens with zero attached hydrogens (tertiary/aromatic N) is 2. The SMILES string of the molecule is Nc1ccc(N2CCCC(N)C2=O)cn1. The van der Waals surface area contributed by atoms with Crippen molar-refractivity contribution in [3.05, 3.63) is 18.3 Å². The zero-order chi connectivity index (χ0) is 10.8. The van der Waals surface area contributed by atoms with Crippen LogP contribution in [-0.4, -0.2) is 23.5 Å². The molecule has 4 N–H and O–H groups in total. The van der Waals surface area contributed by atoms with Crippen molar-refractivity contribution in [2.45, 2.75) is 18.9 Å². The van der Waals surface area contributed by atoms with E-state index in [2.05, 4.69) is 4.98 Å². The molecule has 2 heterocycles. The smallest absolute Gasteiger partial charge is 0.243 e. The summed E-state index contributed by atoms with van der Waals surface area (Å²) in [5.41, 5.74) is 11.9. The second kappa shape index (κ2) is 3.86. The highest BCUT2D eigenvalue weighted by atomic mass is 16.2. The second-order valence-electron chi connectivity index (χ2n) is 3.68. The number of carbonyl (C=O) groups excluding carboxylic acids is 1. The number of hydrogen-bond donors (Lipinski definition) is 2. The van der Waals surface area contributed by atoms with Gasteiger partial charge in [-0.3, -0.25) is 4.79 Å². The average molecular weight is 206 g/mol. The third-order valence-corrected chi connectivity index (χ3v) is 2.56. The van der Waals surface area contributed by atoms with Crippen LogP contribution < -0.4 is 16.4 Å². The second-order valence-corrected chi connectivity index (χ2v) is 3.68. The quantitative estimate of drug-likeness (QED) is 0.683. The summed E-state index contributed by atoms with van der Waals surface area (Å²) in [6.45, 7) is 0.706. The van der Waals surface area contributed by atoms with Gasteiger partial charge in [0.2, 0.25) is 5.91 Å². The molecule has 0 aromatic carbocycles. The molecule has 0 radical (unpaired) electrons. The number of nitrogens with two attached hydrogens (primary N) is 2. The van der Waals surface area contributed by atoms with Crippen molar-refractivity contribution in [1.29, 1.82) is 0 Å². The van der Waals surface area contributed by atoms with Crippen LogP contribution in [0.25, 0.3) is 0 Å². The van der Waals surface area contributed by atoms with Gasteiger partial charge < -0.3 is 16.4 Å². The van der Waals surface area contributed by atoms with Crippen LogP contribution in [0.1, 0.15) is 12.8 Å². The highest BCUT2D eigenvalue weighted by molar-refractivity contribution is 5.97. The van der Waals surface area contributed by atoms with E-state index in [4.69, 9.17) is 11.5 Å². The number of carbonyl (C=O) groups is 1. The Morgan fingerprint density at radius 1 is 1.47 bits per heavy atom. The molecule has 1 saturated heterocycles. The van der Waals surface area contributed by atoms with Gasteiger partial charge >= 0.3 is 0 Å². The van der Waals surface area contributed by atoms with Gasteiger partial charge in [0, 0.05) is 6.54 Å². The molecule has 1 aliphatic rings. The lowest BCUT2D eigenvalue weighted by molar-refractivity contribution is -0.120. The predicted molar refractivity (Wildman–Crippen MR) is 58.2 cm³/mol. The summed E-state index contributed by atoms with van der Waals surface area (Å²) in [6.07, 6.45) is 3.29. The van der Waals surface area contributed by atoms with Crippen LogP contribution in [-0.2, 0) is 4.79 Å². The van der Waals surface area contributed by atoms with E-state index in [-0.39, 0.29) is 11.9 Å². The lowest BCUT2D eigenvalue weighted by Gasteiger charge is -2.30. The molecule has 0 saturated carbocycles. The Morgan fingerprint density at radius 2 is 2.27 bits per heavy atom. The molecular formula is C10H14N4O. The normalized spacial score (nSPS) is 21.8. The summed E-state index contributed by atoms with van der Waals surface area (Å²) in [7, 11) is 0. The molecule has 2 rings (SSSR count). The molecule has 0 spiro atoms. The van der Waals surface area contributed by atoms with Crippen LogP contribution >= 0.6 is 0 Å². The zero-order valence-electron chi connectivity index (χ0n) is 8.39. The Hall–Kier alpha value is -1.62. The van der Waals surface area contributed by atoms with E-state index >= 15 is 0 Å². The summed E-state index contributed by atoms with van der Waals surface area (Å²) >= 11 is 0. The number of pyridine rings is 1. The molecule has 5 nitrogen and oxygen atoms in total. The lowest BCUT2D eigenvalue weighted by atomic mass is 10.1. The summed E-state index contributed by atoms with van der Waals surface area (Å²) in [4.78, 5) is 17.4.